The van der Waals surface area contributed by atoms with Gasteiger partial charge in [-0.25, -0.2) is 4.79 Å². The molecule has 0 spiro atoms. The summed E-state index contributed by atoms with van der Waals surface area (Å²) in [5.74, 6) is -0.890. The van der Waals surface area contributed by atoms with Gasteiger partial charge in [-0.2, -0.15) is 4.39 Å². The van der Waals surface area contributed by atoms with E-state index < -0.39 is 12.0 Å². The minimum absolute atomic E-state index is 0.0350. The summed E-state index contributed by atoms with van der Waals surface area (Å²) in [6, 6.07) is 7.68. The summed E-state index contributed by atoms with van der Waals surface area (Å²) in [5, 5.41) is 9.51. The standard InChI is InChI=1S/C31H48FN3O10/c1-2-29(37)33-15-8-16-40-20-22-42-23-21-41-17-9-18-44-31(39)25-43-24-30(38)34-14-6-7-19-45-35-27(12-13-28(32)36)26-10-4-3-5-11-26/h3-5,10-11H,2,6-9,12-25H2,1H3,(H,33,37)(H,34,38)/b35-27-. The summed E-state index contributed by atoms with van der Waals surface area (Å²) in [6.07, 6.45) is 2.85. The first-order valence-corrected chi connectivity index (χ1v) is 15.3. The monoisotopic (exact) mass is 641 g/mol. The van der Waals surface area contributed by atoms with Crippen LogP contribution in [0.2, 0.25) is 0 Å². The second-order valence-electron chi connectivity index (χ2n) is 9.61. The number of nitrogens with zero attached hydrogens (tertiary/aromatic N) is 1. The van der Waals surface area contributed by atoms with E-state index in [2.05, 4.69) is 15.8 Å². The molecular formula is C31H48FN3O10. The molecule has 0 aromatic heterocycles. The van der Waals surface area contributed by atoms with E-state index in [1.807, 2.05) is 25.1 Å². The first-order valence-electron chi connectivity index (χ1n) is 15.3. The molecule has 0 heterocycles. The van der Waals surface area contributed by atoms with Crippen molar-refractivity contribution in [2.75, 3.05) is 79.2 Å². The SMILES string of the molecule is CCC(=O)NCCCOCCOCCOCCCOC(=O)COCC(=O)NCCCCO/N=C(/CCC(=O)F)c1ccccc1. The van der Waals surface area contributed by atoms with Crippen molar-refractivity contribution in [1.82, 2.24) is 10.6 Å². The fourth-order valence-electron chi connectivity index (χ4n) is 3.47. The summed E-state index contributed by atoms with van der Waals surface area (Å²) in [6.45, 7) is 5.40. The molecule has 0 fully saturated rings. The third kappa shape index (κ3) is 24.5. The molecule has 45 heavy (non-hydrogen) atoms. The largest absolute Gasteiger partial charge is 0.464 e. The van der Waals surface area contributed by atoms with Crippen molar-refractivity contribution in [1.29, 1.82) is 0 Å². The molecule has 2 N–H and O–H groups in total. The van der Waals surface area contributed by atoms with Crippen LogP contribution in [0.25, 0.3) is 0 Å². The third-order valence-electron chi connectivity index (χ3n) is 5.83. The molecule has 0 saturated carbocycles. The number of oxime groups is 1. The summed E-state index contributed by atoms with van der Waals surface area (Å²) >= 11 is 0. The second-order valence-corrected chi connectivity index (χ2v) is 9.61. The van der Waals surface area contributed by atoms with Gasteiger partial charge in [0.1, 0.15) is 19.8 Å². The number of rotatable bonds is 29. The van der Waals surface area contributed by atoms with Crippen LogP contribution in [0.3, 0.4) is 0 Å². The van der Waals surface area contributed by atoms with Gasteiger partial charge in [0, 0.05) is 52.0 Å². The van der Waals surface area contributed by atoms with Crippen LogP contribution in [0.1, 0.15) is 57.4 Å². The summed E-state index contributed by atoms with van der Waals surface area (Å²) < 4.78 is 39.0. The highest BCUT2D eigenvalue weighted by molar-refractivity contribution is 6.01. The van der Waals surface area contributed by atoms with E-state index >= 15 is 0 Å². The van der Waals surface area contributed by atoms with Crippen LogP contribution >= 0.6 is 0 Å². The van der Waals surface area contributed by atoms with Crippen molar-refractivity contribution >= 4 is 29.5 Å². The zero-order valence-corrected chi connectivity index (χ0v) is 26.2. The summed E-state index contributed by atoms with van der Waals surface area (Å²) in [5.41, 5.74) is 1.24. The van der Waals surface area contributed by atoms with Gasteiger partial charge in [-0.1, -0.05) is 42.4 Å². The topological polar surface area (TPSA) is 160 Å². The van der Waals surface area contributed by atoms with Gasteiger partial charge in [0.15, 0.2) is 0 Å². The third-order valence-corrected chi connectivity index (χ3v) is 5.83. The van der Waals surface area contributed by atoms with Crippen molar-refractivity contribution in [2.45, 2.75) is 51.9 Å². The highest BCUT2D eigenvalue weighted by Crippen LogP contribution is 2.08. The molecule has 13 nitrogen and oxygen atoms in total. The Morgan fingerprint density at radius 1 is 0.689 bits per heavy atom. The van der Waals surface area contributed by atoms with Crippen LogP contribution in [0.4, 0.5) is 4.39 Å². The first-order chi connectivity index (χ1) is 21.9. The van der Waals surface area contributed by atoms with Crippen molar-refractivity contribution in [3.8, 4) is 0 Å². The number of hydrogen-bond acceptors (Lipinski definition) is 11. The minimum Gasteiger partial charge on any atom is -0.464 e. The summed E-state index contributed by atoms with van der Waals surface area (Å²) in [7, 11) is 0. The molecule has 0 atom stereocenters. The Hall–Kier alpha value is -3.46. The molecule has 14 heteroatoms. The molecule has 0 unspecified atom stereocenters. The number of unbranched alkanes of at least 4 members (excludes halogenated alkanes) is 1. The highest BCUT2D eigenvalue weighted by Gasteiger charge is 2.09. The molecule has 1 aromatic carbocycles. The number of halogens is 1. The van der Waals surface area contributed by atoms with Crippen LogP contribution in [0.15, 0.2) is 35.5 Å². The van der Waals surface area contributed by atoms with E-state index in [9.17, 15) is 23.6 Å². The molecule has 0 aliphatic rings. The highest BCUT2D eigenvalue weighted by atomic mass is 19.1. The molecule has 2 amide bonds. The number of esters is 1. The number of hydrogen-bond donors (Lipinski definition) is 2. The van der Waals surface area contributed by atoms with Gasteiger partial charge in [0.05, 0.1) is 38.7 Å². The van der Waals surface area contributed by atoms with Crippen LogP contribution < -0.4 is 10.6 Å². The first kappa shape index (κ1) is 39.6. The average Bonchev–Trinajstić information content (AvgIpc) is 3.03. The fourth-order valence-corrected chi connectivity index (χ4v) is 3.47. The number of carbonyl (C=O) groups excluding carboxylic acids is 4. The number of ether oxygens (including phenoxy) is 5. The molecule has 0 bridgehead atoms. The molecule has 1 rings (SSSR count). The summed E-state index contributed by atoms with van der Waals surface area (Å²) in [4.78, 5) is 50.7. The van der Waals surface area contributed by atoms with Gasteiger partial charge in [-0.05, 0) is 24.8 Å². The van der Waals surface area contributed by atoms with Gasteiger partial charge >= 0.3 is 12.0 Å². The van der Waals surface area contributed by atoms with Gasteiger partial charge in [-0.3, -0.25) is 14.4 Å². The predicted molar refractivity (Wildman–Crippen MR) is 163 cm³/mol. The Kier molecular flexibility index (Phi) is 24.7. The van der Waals surface area contributed by atoms with Crippen molar-refractivity contribution in [2.24, 2.45) is 5.16 Å². The van der Waals surface area contributed by atoms with Crippen LogP contribution in [-0.2, 0) is 47.7 Å². The lowest BCUT2D eigenvalue weighted by atomic mass is 10.1. The Morgan fingerprint density at radius 3 is 2.02 bits per heavy atom. The Morgan fingerprint density at radius 2 is 1.33 bits per heavy atom. The number of amides is 2. The van der Waals surface area contributed by atoms with Crippen LogP contribution in [0.5, 0.6) is 0 Å². The maximum atomic E-state index is 12.6. The maximum absolute atomic E-state index is 12.6. The van der Waals surface area contributed by atoms with E-state index in [1.165, 1.54) is 0 Å². The second kappa shape index (κ2) is 28.0. The molecular weight excluding hydrogens is 593 g/mol. The lowest BCUT2D eigenvalue weighted by Gasteiger charge is -2.08. The van der Waals surface area contributed by atoms with Gasteiger partial charge < -0.3 is 39.2 Å². The van der Waals surface area contributed by atoms with Crippen molar-refractivity contribution in [3.63, 3.8) is 0 Å². The van der Waals surface area contributed by atoms with E-state index in [1.54, 1.807) is 12.1 Å². The zero-order chi connectivity index (χ0) is 32.8. The predicted octanol–water partition coefficient (Wildman–Crippen LogP) is 2.50. The molecule has 1 aromatic rings. The zero-order valence-electron chi connectivity index (χ0n) is 26.2. The number of benzene rings is 1. The Balaban J connectivity index is 1.91. The molecule has 254 valence electrons. The Bertz CT molecular complexity index is 982. The lowest BCUT2D eigenvalue weighted by molar-refractivity contribution is -0.150. The normalized spacial score (nSPS) is 11.2. The fraction of sp³-hybridized carbons (Fsp3) is 0.645. The molecule has 0 aliphatic heterocycles. The quantitative estimate of drug-likeness (QED) is 0.0437. The van der Waals surface area contributed by atoms with Crippen LogP contribution in [0, 0.1) is 0 Å². The molecule has 0 saturated heterocycles. The molecule has 0 aliphatic carbocycles. The van der Waals surface area contributed by atoms with Gasteiger partial charge in [-0.15, -0.1) is 0 Å². The van der Waals surface area contributed by atoms with Crippen molar-refractivity contribution < 1.29 is 52.1 Å². The van der Waals surface area contributed by atoms with E-state index in [4.69, 9.17) is 28.5 Å². The van der Waals surface area contributed by atoms with Crippen LogP contribution in [-0.4, -0.2) is 109 Å². The average molecular weight is 642 g/mol. The smallest absolute Gasteiger partial charge is 0.332 e. The molecule has 0 radical (unpaired) electrons. The number of carbonyl (C=O) groups is 4. The van der Waals surface area contributed by atoms with Crippen molar-refractivity contribution in [3.05, 3.63) is 35.9 Å². The lowest BCUT2D eigenvalue weighted by Crippen LogP contribution is -2.29. The maximum Gasteiger partial charge on any atom is 0.332 e. The van der Waals surface area contributed by atoms with E-state index in [-0.39, 0.29) is 51.1 Å². The number of nitrogens with one attached hydrogen (secondary N) is 2. The van der Waals surface area contributed by atoms with E-state index in [0.717, 1.165) is 12.0 Å². The van der Waals surface area contributed by atoms with Gasteiger partial charge in [0.25, 0.3) is 0 Å². The van der Waals surface area contributed by atoms with Gasteiger partial charge in [0.2, 0.25) is 11.8 Å². The van der Waals surface area contributed by atoms with E-state index in [0.29, 0.717) is 84.1 Å². The Labute approximate surface area is 264 Å². The minimum atomic E-state index is -1.41.